The average molecular weight is 326 g/mol. The minimum absolute atomic E-state index is 0.342. The zero-order valence-corrected chi connectivity index (χ0v) is 15.0. The molecule has 24 heavy (non-hydrogen) atoms. The second kappa shape index (κ2) is 7.71. The SMILES string of the molecule is CCOc1cc2c(cc1OCC)[C@@H](c1ccc(CC)cc1)[NH2+]CC2. The zero-order chi connectivity index (χ0) is 16.9. The van der Waals surface area contributed by atoms with Gasteiger partial charge in [-0.3, -0.25) is 0 Å². The summed E-state index contributed by atoms with van der Waals surface area (Å²) in [6.45, 7) is 8.64. The largest absolute Gasteiger partial charge is 0.490 e. The Morgan fingerprint density at radius 2 is 1.62 bits per heavy atom. The molecule has 1 aliphatic rings. The van der Waals surface area contributed by atoms with Crippen molar-refractivity contribution in [1.82, 2.24) is 0 Å². The molecular formula is C21H28NO2+. The van der Waals surface area contributed by atoms with Gasteiger partial charge < -0.3 is 14.8 Å². The van der Waals surface area contributed by atoms with Crippen LogP contribution in [0.2, 0.25) is 0 Å². The van der Waals surface area contributed by atoms with Gasteiger partial charge in [-0.05, 0) is 43.5 Å². The first kappa shape index (κ1) is 16.8. The van der Waals surface area contributed by atoms with Crippen molar-refractivity contribution in [2.45, 2.75) is 39.7 Å². The molecule has 0 spiro atoms. The molecule has 1 heterocycles. The van der Waals surface area contributed by atoms with Crippen LogP contribution in [0.4, 0.5) is 0 Å². The molecule has 0 saturated carbocycles. The van der Waals surface area contributed by atoms with Gasteiger partial charge in [-0.25, -0.2) is 0 Å². The third-order valence-electron chi connectivity index (χ3n) is 4.70. The summed E-state index contributed by atoms with van der Waals surface area (Å²) in [5, 5.41) is 2.43. The molecule has 2 aromatic rings. The average Bonchev–Trinajstić information content (AvgIpc) is 2.62. The van der Waals surface area contributed by atoms with Crippen molar-refractivity contribution >= 4 is 0 Å². The van der Waals surface area contributed by atoms with E-state index in [-0.39, 0.29) is 0 Å². The Morgan fingerprint density at radius 3 is 2.25 bits per heavy atom. The van der Waals surface area contributed by atoms with Crippen molar-refractivity contribution < 1.29 is 14.8 Å². The van der Waals surface area contributed by atoms with Crippen LogP contribution in [0.5, 0.6) is 11.5 Å². The second-order valence-corrected chi connectivity index (χ2v) is 6.21. The summed E-state index contributed by atoms with van der Waals surface area (Å²) in [7, 11) is 0. The van der Waals surface area contributed by atoms with Gasteiger partial charge in [-0.2, -0.15) is 0 Å². The molecular weight excluding hydrogens is 298 g/mol. The van der Waals surface area contributed by atoms with Crippen LogP contribution in [0.1, 0.15) is 49.1 Å². The van der Waals surface area contributed by atoms with Gasteiger partial charge in [0.1, 0.15) is 6.04 Å². The van der Waals surface area contributed by atoms with Crippen molar-refractivity contribution in [3.05, 3.63) is 58.7 Å². The topological polar surface area (TPSA) is 35.1 Å². The van der Waals surface area contributed by atoms with Crippen LogP contribution in [0.15, 0.2) is 36.4 Å². The maximum absolute atomic E-state index is 5.84. The van der Waals surface area contributed by atoms with E-state index in [0.29, 0.717) is 19.3 Å². The summed E-state index contributed by atoms with van der Waals surface area (Å²) < 4.78 is 11.6. The number of benzene rings is 2. The van der Waals surface area contributed by atoms with Gasteiger partial charge in [0.2, 0.25) is 0 Å². The maximum Gasteiger partial charge on any atom is 0.161 e. The molecule has 1 atom stereocenters. The molecule has 0 aliphatic carbocycles. The molecule has 2 aromatic carbocycles. The monoisotopic (exact) mass is 326 g/mol. The van der Waals surface area contributed by atoms with Gasteiger partial charge in [-0.1, -0.05) is 31.2 Å². The molecule has 128 valence electrons. The lowest BCUT2D eigenvalue weighted by atomic mass is 9.89. The molecule has 1 aliphatic heterocycles. The zero-order valence-electron chi connectivity index (χ0n) is 15.0. The standard InChI is InChI=1S/C21H27NO2/c1-4-15-7-9-16(10-8-15)21-18-14-20(24-6-3)19(23-5-2)13-17(18)11-12-22-21/h7-10,13-14,21-22H,4-6,11-12H2,1-3H3/p+1/t21-/m1/s1. The van der Waals surface area contributed by atoms with Crippen LogP contribution in [-0.4, -0.2) is 19.8 Å². The Labute approximate surface area is 145 Å². The predicted octanol–water partition coefficient (Wildman–Crippen LogP) is 3.26. The van der Waals surface area contributed by atoms with Crippen LogP contribution in [0.3, 0.4) is 0 Å². The summed E-state index contributed by atoms with van der Waals surface area (Å²) in [6, 6.07) is 13.7. The van der Waals surface area contributed by atoms with Crippen molar-refractivity contribution in [3.63, 3.8) is 0 Å². The highest BCUT2D eigenvalue weighted by Gasteiger charge is 2.27. The number of nitrogens with two attached hydrogens (primary N) is 1. The Kier molecular flexibility index (Phi) is 5.41. The molecule has 0 aromatic heterocycles. The first-order chi connectivity index (χ1) is 11.8. The van der Waals surface area contributed by atoms with E-state index < -0.39 is 0 Å². The molecule has 3 rings (SSSR count). The molecule has 0 bridgehead atoms. The molecule has 0 fully saturated rings. The van der Waals surface area contributed by atoms with Crippen LogP contribution in [0.25, 0.3) is 0 Å². The summed E-state index contributed by atoms with van der Waals surface area (Å²) >= 11 is 0. The summed E-state index contributed by atoms with van der Waals surface area (Å²) in [4.78, 5) is 0. The Balaban J connectivity index is 2.00. The third kappa shape index (κ3) is 3.41. The van der Waals surface area contributed by atoms with E-state index in [1.807, 2.05) is 13.8 Å². The van der Waals surface area contributed by atoms with Crippen molar-refractivity contribution in [2.24, 2.45) is 0 Å². The normalized spacial score (nSPS) is 16.5. The molecule has 3 heteroatoms. The van der Waals surface area contributed by atoms with Crippen LogP contribution in [-0.2, 0) is 12.8 Å². The van der Waals surface area contributed by atoms with Gasteiger partial charge in [0.15, 0.2) is 11.5 Å². The minimum Gasteiger partial charge on any atom is -0.490 e. The molecule has 0 radical (unpaired) electrons. The number of fused-ring (bicyclic) bond motifs is 1. The van der Waals surface area contributed by atoms with Crippen molar-refractivity contribution in [2.75, 3.05) is 19.8 Å². The third-order valence-corrected chi connectivity index (χ3v) is 4.70. The highest BCUT2D eigenvalue weighted by Crippen LogP contribution is 2.36. The van der Waals surface area contributed by atoms with Crippen molar-refractivity contribution in [1.29, 1.82) is 0 Å². The maximum atomic E-state index is 5.84. The fourth-order valence-corrected chi connectivity index (χ4v) is 3.47. The highest BCUT2D eigenvalue weighted by molar-refractivity contribution is 5.50. The minimum atomic E-state index is 0.342. The summed E-state index contributed by atoms with van der Waals surface area (Å²) in [5.41, 5.74) is 5.49. The number of hydrogen-bond acceptors (Lipinski definition) is 2. The summed E-state index contributed by atoms with van der Waals surface area (Å²) in [5.74, 6) is 1.74. The van der Waals surface area contributed by atoms with Crippen LogP contribution < -0.4 is 14.8 Å². The van der Waals surface area contributed by atoms with Gasteiger partial charge >= 0.3 is 0 Å². The van der Waals surface area contributed by atoms with Gasteiger partial charge in [0.25, 0.3) is 0 Å². The quantitative estimate of drug-likeness (QED) is 0.884. The molecule has 0 amide bonds. The van der Waals surface area contributed by atoms with E-state index in [9.17, 15) is 0 Å². The van der Waals surface area contributed by atoms with E-state index in [2.05, 4.69) is 48.6 Å². The summed E-state index contributed by atoms with van der Waals surface area (Å²) in [6.07, 6.45) is 2.16. The van der Waals surface area contributed by atoms with Gasteiger partial charge in [0.05, 0.1) is 19.8 Å². The molecule has 0 unspecified atom stereocenters. The lowest BCUT2D eigenvalue weighted by molar-refractivity contribution is -0.690. The van der Waals surface area contributed by atoms with Gasteiger partial charge in [-0.15, -0.1) is 0 Å². The van der Waals surface area contributed by atoms with E-state index in [1.165, 1.54) is 22.3 Å². The Morgan fingerprint density at radius 1 is 0.958 bits per heavy atom. The smallest absolute Gasteiger partial charge is 0.161 e. The first-order valence-corrected chi connectivity index (χ1v) is 9.11. The van der Waals surface area contributed by atoms with Crippen LogP contribution >= 0.6 is 0 Å². The number of rotatable bonds is 6. The van der Waals surface area contributed by atoms with Crippen LogP contribution in [0, 0.1) is 0 Å². The van der Waals surface area contributed by atoms with Crippen molar-refractivity contribution in [3.8, 4) is 11.5 Å². The number of hydrogen-bond donors (Lipinski definition) is 1. The Bertz CT molecular complexity index is 679. The highest BCUT2D eigenvalue weighted by atomic mass is 16.5. The molecule has 2 N–H and O–H groups in total. The lowest BCUT2D eigenvalue weighted by Crippen LogP contribution is -2.87. The van der Waals surface area contributed by atoms with E-state index in [4.69, 9.17) is 9.47 Å². The second-order valence-electron chi connectivity index (χ2n) is 6.21. The first-order valence-electron chi connectivity index (χ1n) is 9.11. The fourth-order valence-electron chi connectivity index (χ4n) is 3.47. The van der Waals surface area contributed by atoms with E-state index in [0.717, 1.165) is 30.9 Å². The molecule has 3 nitrogen and oxygen atoms in total. The number of aryl methyl sites for hydroxylation is 1. The Hall–Kier alpha value is -2.00. The fraction of sp³-hybridized carbons (Fsp3) is 0.429. The number of quaternary nitrogens is 1. The van der Waals surface area contributed by atoms with Gasteiger partial charge in [0, 0.05) is 17.5 Å². The lowest BCUT2D eigenvalue weighted by Gasteiger charge is -2.26. The number of ether oxygens (including phenoxy) is 2. The van der Waals surface area contributed by atoms with E-state index in [1.54, 1.807) is 0 Å². The predicted molar refractivity (Wildman–Crippen MR) is 96.9 cm³/mol. The molecule has 0 saturated heterocycles. The van der Waals surface area contributed by atoms with E-state index >= 15 is 0 Å².